The summed E-state index contributed by atoms with van der Waals surface area (Å²) in [5, 5.41) is 0. The number of carbonyl (C=O) groups is 2. The highest BCUT2D eigenvalue weighted by atomic mass is 16.5. The summed E-state index contributed by atoms with van der Waals surface area (Å²) in [6.45, 7) is 1.45. The number of hydrogen-bond donors (Lipinski definition) is 0. The zero-order chi connectivity index (χ0) is 12.0. The normalized spacial score (nSPS) is 10.1. The average molecular weight is 220 g/mol. The molecule has 4 nitrogen and oxygen atoms in total. The van der Waals surface area contributed by atoms with E-state index >= 15 is 0 Å². The van der Waals surface area contributed by atoms with E-state index in [1.165, 1.54) is 20.3 Å². The topological polar surface area (TPSA) is 52.6 Å². The third-order valence-corrected chi connectivity index (χ3v) is 1.87. The molecule has 1 rings (SSSR count). The minimum absolute atomic E-state index is 0.0953. The zero-order valence-electron chi connectivity index (χ0n) is 9.10. The van der Waals surface area contributed by atoms with Gasteiger partial charge in [0.2, 0.25) is 0 Å². The molecule has 4 heteroatoms. The molecule has 1 aromatic rings. The largest absolute Gasteiger partial charge is 0.466 e. The van der Waals surface area contributed by atoms with Crippen molar-refractivity contribution in [2.75, 3.05) is 7.11 Å². The van der Waals surface area contributed by atoms with Crippen LogP contribution in [0.3, 0.4) is 0 Å². The Balaban J connectivity index is 2.77. The maximum Gasteiger partial charge on any atom is 0.333 e. The lowest BCUT2D eigenvalue weighted by Crippen LogP contribution is -1.98. The molecular weight excluding hydrogens is 208 g/mol. The highest BCUT2D eigenvalue weighted by molar-refractivity contribution is 5.96. The van der Waals surface area contributed by atoms with E-state index in [0.29, 0.717) is 11.3 Å². The number of methoxy groups -OCH3 is 1. The molecule has 0 saturated carbocycles. The summed E-state index contributed by atoms with van der Waals surface area (Å²) in [4.78, 5) is 22.0. The van der Waals surface area contributed by atoms with Gasteiger partial charge in [-0.25, -0.2) is 4.79 Å². The van der Waals surface area contributed by atoms with Crippen molar-refractivity contribution in [3.8, 4) is 5.75 Å². The Morgan fingerprint density at radius 3 is 2.56 bits per heavy atom. The minimum Gasteiger partial charge on any atom is -0.466 e. The first-order valence-corrected chi connectivity index (χ1v) is 4.66. The molecule has 0 radical (unpaired) electrons. The molecule has 16 heavy (non-hydrogen) atoms. The lowest BCUT2D eigenvalue weighted by Gasteiger charge is -2.04. The molecule has 0 aliphatic rings. The molecule has 84 valence electrons. The van der Waals surface area contributed by atoms with Gasteiger partial charge in [0.05, 0.1) is 25.0 Å². The van der Waals surface area contributed by atoms with Gasteiger partial charge in [0.15, 0.2) is 5.78 Å². The van der Waals surface area contributed by atoms with Crippen LogP contribution in [-0.4, -0.2) is 18.9 Å². The lowest BCUT2D eigenvalue weighted by molar-refractivity contribution is -0.134. The van der Waals surface area contributed by atoms with Gasteiger partial charge in [-0.2, -0.15) is 0 Å². The number of esters is 1. The summed E-state index contributed by atoms with van der Waals surface area (Å²) >= 11 is 0. The highest BCUT2D eigenvalue weighted by Crippen LogP contribution is 2.18. The first-order valence-electron chi connectivity index (χ1n) is 4.66. The number of carbonyl (C=O) groups excluding carboxylic acids is 2. The molecule has 0 spiro atoms. The second-order valence-corrected chi connectivity index (χ2v) is 3.00. The molecule has 0 aliphatic heterocycles. The Bertz CT molecular complexity index is 421. The van der Waals surface area contributed by atoms with Crippen molar-refractivity contribution in [2.45, 2.75) is 6.92 Å². The number of para-hydroxylation sites is 1. The monoisotopic (exact) mass is 220 g/mol. The predicted octanol–water partition coefficient (Wildman–Crippen LogP) is 1.95. The molecule has 0 amide bonds. The molecule has 1 aromatic carbocycles. The second-order valence-electron chi connectivity index (χ2n) is 3.00. The number of Topliss-reactive ketones (excluding diaryl/α,β-unsaturated/α-hetero) is 1. The van der Waals surface area contributed by atoms with E-state index in [2.05, 4.69) is 4.74 Å². The van der Waals surface area contributed by atoms with Crippen LogP contribution in [0.2, 0.25) is 0 Å². The molecule has 0 saturated heterocycles. The average Bonchev–Trinajstić information content (AvgIpc) is 2.29. The summed E-state index contributed by atoms with van der Waals surface area (Å²) in [5.74, 6) is -0.197. The van der Waals surface area contributed by atoms with E-state index in [1.54, 1.807) is 24.3 Å². The van der Waals surface area contributed by atoms with Crippen LogP contribution in [-0.2, 0) is 9.53 Å². The summed E-state index contributed by atoms with van der Waals surface area (Å²) < 4.78 is 9.56. The Kier molecular flexibility index (Phi) is 4.27. The van der Waals surface area contributed by atoms with Crippen molar-refractivity contribution in [1.82, 2.24) is 0 Å². The Morgan fingerprint density at radius 2 is 1.94 bits per heavy atom. The van der Waals surface area contributed by atoms with Crippen molar-refractivity contribution < 1.29 is 19.1 Å². The van der Waals surface area contributed by atoms with Crippen molar-refractivity contribution in [1.29, 1.82) is 0 Å². The summed E-state index contributed by atoms with van der Waals surface area (Å²) in [7, 11) is 1.27. The molecular formula is C12H12O4. The van der Waals surface area contributed by atoms with Gasteiger partial charge >= 0.3 is 5.97 Å². The zero-order valence-corrected chi connectivity index (χ0v) is 9.10. The SMILES string of the molecule is COC(=O)C=COc1ccccc1C(C)=O. The third kappa shape index (κ3) is 3.24. The number of rotatable bonds is 4. The third-order valence-electron chi connectivity index (χ3n) is 1.87. The van der Waals surface area contributed by atoms with Crippen molar-refractivity contribution >= 4 is 11.8 Å². The second kappa shape index (κ2) is 5.70. The Morgan fingerprint density at radius 1 is 1.25 bits per heavy atom. The van der Waals surface area contributed by atoms with Gasteiger partial charge in [-0.05, 0) is 19.1 Å². The van der Waals surface area contributed by atoms with Crippen LogP contribution in [0.4, 0.5) is 0 Å². The Labute approximate surface area is 93.5 Å². The van der Waals surface area contributed by atoms with Gasteiger partial charge in [0, 0.05) is 0 Å². The fourth-order valence-corrected chi connectivity index (χ4v) is 1.09. The quantitative estimate of drug-likeness (QED) is 0.337. The highest BCUT2D eigenvalue weighted by Gasteiger charge is 2.05. The Hall–Kier alpha value is -2.10. The molecule has 0 aromatic heterocycles. The van der Waals surface area contributed by atoms with E-state index < -0.39 is 5.97 Å². The minimum atomic E-state index is -0.514. The summed E-state index contributed by atoms with van der Waals surface area (Å²) in [6, 6.07) is 6.80. The van der Waals surface area contributed by atoms with E-state index in [1.807, 2.05) is 0 Å². The van der Waals surface area contributed by atoms with E-state index in [0.717, 1.165) is 6.08 Å². The molecule has 0 fully saturated rings. The van der Waals surface area contributed by atoms with Gasteiger partial charge in [-0.1, -0.05) is 12.1 Å². The molecule has 0 heterocycles. The fraction of sp³-hybridized carbons (Fsp3) is 0.167. The fourth-order valence-electron chi connectivity index (χ4n) is 1.09. The number of hydrogen-bond acceptors (Lipinski definition) is 4. The molecule has 0 atom stereocenters. The maximum atomic E-state index is 11.2. The van der Waals surface area contributed by atoms with Crippen LogP contribution in [0, 0.1) is 0 Å². The van der Waals surface area contributed by atoms with Crippen LogP contribution in [0.5, 0.6) is 5.75 Å². The first kappa shape index (κ1) is 12.0. The van der Waals surface area contributed by atoms with E-state index in [4.69, 9.17) is 4.74 Å². The van der Waals surface area contributed by atoms with E-state index in [-0.39, 0.29) is 5.78 Å². The van der Waals surface area contributed by atoms with Crippen molar-refractivity contribution in [2.24, 2.45) is 0 Å². The van der Waals surface area contributed by atoms with Gasteiger partial charge in [-0.15, -0.1) is 0 Å². The van der Waals surface area contributed by atoms with Crippen LogP contribution in [0.25, 0.3) is 0 Å². The van der Waals surface area contributed by atoms with Crippen LogP contribution < -0.4 is 4.74 Å². The molecule has 0 bridgehead atoms. The predicted molar refractivity (Wildman–Crippen MR) is 58.2 cm³/mol. The molecule has 0 N–H and O–H groups in total. The number of ketones is 1. The first-order chi connectivity index (χ1) is 7.65. The van der Waals surface area contributed by atoms with Crippen molar-refractivity contribution in [3.63, 3.8) is 0 Å². The summed E-state index contributed by atoms with van der Waals surface area (Å²) in [6.07, 6.45) is 2.32. The standard InChI is InChI=1S/C12H12O4/c1-9(13)10-5-3-4-6-11(10)16-8-7-12(14)15-2/h3-8H,1-2H3. The van der Waals surface area contributed by atoms with Gasteiger partial charge in [-0.3, -0.25) is 4.79 Å². The summed E-state index contributed by atoms with van der Waals surface area (Å²) in [5.41, 5.74) is 0.469. The van der Waals surface area contributed by atoms with Crippen LogP contribution in [0.1, 0.15) is 17.3 Å². The van der Waals surface area contributed by atoms with Gasteiger partial charge < -0.3 is 9.47 Å². The maximum absolute atomic E-state index is 11.2. The molecule has 0 aliphatic carbocycles. The van der Waals surface area contributed by atoms with Crippen molar-refractivity contribution in [3.05, 3.63) is 42.2 Å². The smallest absolute Gasteiger partial charge is 0.333 e. The van der Waals surface area contributed by atoms with Crippen LogP contribution >= 0.6 is 0 Å². The molecule has 0 unspecified atom stereocenters. The van der Waals surface area contributed by atoms with E-state index in [9.17, 15) is 9.59 Å². The van der Waals surface area contributed by atoms with Gasteiger partial charge in [0.25, 0.3) is 0 Å². The number of ether oxygens (including phenoxy) is 2. The van der Waals surface area contributed by atoms with Gasteiger partial charge in [0.1, 0.15) is 5.75 Å². The van der Waals surface area contributed by atoms with Crippen LogP contribution in [0.15, 0.2) is 36.6 Å². The number of benzene rings is 1. The lowest BCUT2D eigenvalue weighted by atomic mass is 10.1.